The molecule has 0 spiro atoms. The van der Waals surface area contributed by atoms with E-state index in [2.05, 4.69) is 5.32 Å². The average molecular weight is 222 g/mol. The molecule has 3 N–H and O–H groups in total. The van der Waals surface area contributed by atoms with E-state index in [0.29, 0.717) is 6.54 Å². The van der Waals surface area contributed by atoms with E-state index < -0.39 is 21.0 Å². The Morgan fingerprint density at radius 1 is 1.50 bits per heavy atom. The highest BCUT2D eigenvalue weighted by molar-refractivity contribution is 7.92. The number of amides is 1. The van der Waals surface area contributed by atoms with Crippen LogP contribution in [0.15, 0.2) is 0 Å². The molecule has 1 amide bonds. The molecule has 0 aliphatic rings. The number of carbonyl (C=O) groups excluding carboxylic acids is 1. The predicted molar refractivity (Wildman–Crippen MR) is 55.6 cm³/mol. The number of hydrogen-bond acceptors (Lipinski definition) is 4. The van der Waals surface area contributed by atoms with E-state index in [0.717, 1.165) is 6.42 Å². The molecule has 0 aliphatic heterocycles. The van der Waals surface area contributed by atoms with Crippen molar-refractivity contribution < 1.29 is 13.2 Å². The van der Waals surface area contributed by atoms with Crippen LogP contribution < -0.4 is 11.1 Å². The van der Waals surface area contributed by atoms with E-state index in [1.807, 2.05) is 6.92 Å². The lowest BCUT2D eigenvalue weighted by Gasteiger charge is -2.11. The fourth-order valence-electron chi connectivity index (χ4n) is 0.896. The molecule has 0 radical (unpaired) electrons. The van der Waals surface area contributed by atoms with E-state index in [1.54, 1.807) is 0 Å². The highest BCUT2D eigenvalue weighted by atomic mass is 32.2. The molecule has 0 aromatic carbocycles. The molecule has 0 fully saturated rings. The predicted octanol–water partition coefficient (Wildman–Crippen LogP) is -0.725. The molecule has 0 aliphatic carbocycles. The van der Waals surface area contributed by atoms with Crippen LogP contribution in [0.1, 0.15) is 20.3 Å². The summed E-state index contributed by atoms with van der Waals surface area (Å²) >= 11 is 0. The van der Waals surface area contributed by atoms with Crippen molar-refractivity contribution in [1.29, 1.82) is 0 Å². The van der Waals surface area contributed by atoms with Crippen LogP contribution in [0.3, 0.4) is 0 Å². The van der Waals surface area contributed by atoms with Crippen LogP contribution in [0.2, 0.25) is 0 Å². The fraction of sp³-hybridized carbons (Fsp3) is 0.875. The van der Waals surface area contributed by atoms with Gasteiger partial charge in [0.2, 0.25) is 5.91 Å². The van der Waals surface area contributed by atoms with Crippen LogP contribution in [0.25, 0.3) is 0 Å². The fourth-order valence-corrected chi connectivity index (χ4v) is 1.99. The summed E-state index contributed by atoms with van der Waals surface area (Å²) in [6.45, 7) is 3.84. The molecule has 0 aromatic rings. The lowest BCUT2D eigenvalue weighted by molar-refractivity contribution is -0.120. The molecule has 0 saturated carbocycles. The average Bonchev–Trinajstić information content (AvgIpc) is 2.12. The monoisotopic (exact) mass is 222 g/mol. The SMILES string of the molecule is CCCNC(=O)C(C)S(=O)(=O)CCN. The van der Waals surface area contributed by atoms with Gasteiger partial charge in [-0.3, -0.25) is 4.79 Å². The minimum Gasteiger partial charge on any atom is -0.355 e. The lowest BCUT2D eigenvalue weighted by Crippen LogP contribution is -2.40. The molecule has 1 atom stereocenters. The number of carbonyl (C=O) groups is 1. The number of hydrogen-bond donors (Lipinski definition) is 2. The van der Waals surface area contributed by atoms with Gasteiger partial charge in [-0.1, -0.05) is 6.92 Å². The van der Waals surface area contributed by atoms with E-state index >= 15 is 0 Å². The second-order valence-electron chi connectivity index (χ2n) is 3.09. The van der Waals surface area contributed by atoms with Gasteiger partial charge in [0.25, 0.3) is 0 Å². The van der Waals surface area contributed by atoms with Crippen LogP contribution >= 0.6 is 0 Å². The van der Waals surface area contributed by atoms with Crippen LogP contribution in [-0.4, -0.2) is 38.4 Å². The van der Waals surface area contributed by atoms with E-state index in [4.69, 9.17) is 5.73 Å². The minimum absolute atomic E-state index is 0.0493. The Morgan fingerprint density at radius 2 is 2.07 bits per heavy atom. The first kappa shape index (κ1) is 13.4. The Balaban J connectivity index is 4.30. The summed E-state index contributed by atoms with van der Waals surface area (Å²) < 4.78 is 22.8. The zero-order chi connectivity index (χ0) is 11.2. The van der Waals surface area contributed by atoms with Gasteiger partial charge >= 0.3 is 0 Å². The van der Waals surface area contributed by atoms with Gasteiger partial charge in [-0.05, 0) is 13.3 Å². The summed E-state index contributed by atoms with van der Waals surface area (Å²) in [7, 11) is -3.38. The van der Waals surface area contributed by atoms with Crippen LogP contribution in [0.4, 0.5) is 0 Å². The summed E-state index contributed by atoms with van der Waals surface area (Å²) in [4.78, 5) is 11.3. The number of rotatable bonds is 6. The second kappa shape index (κ2) is 5.98. The smallest absolute Gasteiger partial charge is 0.238 e. The molecular formula is C8H18N2O3S. The van der Waals surface area contributed by atoms with E-state index in [-0.39, 0.29) is 12.3 Å². The third-order valence-electron chi connectivity index (χ3n) is 1.86. The minimum atomic E-state index is -3.38. The number of sulfone groups is 1. The van der Waals surface area contributed by atoms with Crippen molar-refractivity contribution in [2.75, 3.05) is 18.8 Å². The summed E-state index contributed by atoms with van der Waals surface area (Å²) in [5.41, 5.74) is 5.14. The Hall–Kier alpha value is -0.620. The first-order valence-electron chi connectivity index (χ1n) is 4.65. The first-order chi connectivity index (χ1) is 6.45. The molecule has 0 aromatic heterocycles. The maximum absolute atomic E-state index is 11.4. The van der Waals surface area contributed by atoms with Crippen molar-refractivity contribution >= 4 is 15.7 Å². The summed E-state index contributed by atoms with van der Waals surface area (Å²) in [6.07, 6.45) is 0.787. The Kier molecular flexibility index (Phi) is 5.71. The largest absolute Gasteiger partial charge is 0.355 e. The molecule has 0 bridgehead atoms. The van der Waals surface area contributed by atoms with Gasteiger partial charge in [0.05, 0.1) is 5.75 Å². The first-order valence-corrected chi connectivity index (χ1v) is 6.36. The molecule has 5 nitrogen and oxygen atoms in total. The van der Waals surface area contributed by atoms with Gasteiger partial charge in [0, 0.05) is 13.1 Å². The molecule has 14 heavy (non-hydrogen) atoms. The molecular weight excluding hydrogens is 204 g/mol. The zero-order valence-electron chi connectivity index (χ0n) is 8.62. The van der Waals surface area contributed by atoms with Crippen LogP contribution in [-0.2, 0) is 14.6 Å². The topological polar surface area (TPSA) is 89.3 Å². The highest BCUT2D eigenvalue weighted by Crippen LogP contribution is 2.01. The van der Waals surface area contributed by atoms with E-state index in [9.17, 15) is 13.2 Å². The van der Waals surface area contributed by atoms with Crippen molar-refractivity contribution in [2.45, 2.75) is 25.5 Å². The van der Waals surface area contributed by atoms with Crippen LogP contribution in [0.5, 0.6) is 0 Å². The summed E-state index contributed by atoms with van der Waals surface area (Å²) in [6, 6.07) is 0. The van der Waals surface area contributed by atoms with Gasteiger partial charge in [0.15, 0.2) is 9.84 Å². The molecule has 6 heteroatoms. The molecule has 0 rings (SSSR count). The highest BCUT2D eigenvalue weighted by Gasteiger charge is 2.26. The molecule has 0 heterocycles. The van der Waals surface area contributed by atoms with Crippen LogP contribution in [0, 0.1) is 0 Å². The van der Waals surface area contributed by atoms with E-state index in [1.165, 1.54) is 6.92 Å². The maximum Gasteiger partial charge on any atom is 0.238 e. The van der Waals surface area contributed by atoms with Gasteiger partial charge in [-0.15, -0.1) is 0 Å². The molecule has 0 saturated heterocycles. The summed E-state index contributed by atoms with van der Waals surface area (Å²) in [5, 5.41) is 1.54. The third-order valence-corrected chi connectivity index (χ3v) is 3.96. The standard InChI is InChI=1S/C8H18N2O3S/c1-3-5-10-8(11)7(2)14(12,13)6-4-9/h7H,3-6,9H2,1-2H3,(H,10,11). The second-order valence-corrected chi connectivity index (χ2v) is 5.53. The Labute approximate surface area is 85.0 Å². The molecule has 84 valence electrons. The molecule has 1 unspecified atom stereocenters. The van der Waals surface area contributed by atoms with Gasteiger partial charge < -0.3 is 11.1 Å². The summed E-state index contributed by atoms with van der Waals surface area (Å²) in [5.74, 6) is -0.589. The third kappa shape index (κ3) is 4.06. The zero-order valence-corrected chi connectivity index (χ0v) is 9.43. The normalized spacial score (nSPS) is 13.6. The van der Waals surface area contributed by atoms with Gasteiger partial charge in [-0.2, -0.15) is 0 Å². The van der Waals surface area contributed by atoms with Crippen molar-refractivity contribution in [3.8, 4) is 0 Å². The maximum atomic E-state index is 11.4. The van der Waals surface area contributed by atoms with Crippen molar-refractivity contribution in [1.82, 2.24) is 5.32 Å². The van der Waals surface area contributed by atoms with Gasteiger partial charge in [-0.25, -0.2) is 8.42 Å². The van der Waals surface area contributed by atoms with Crippen molar-refractivity contribution in [3.05, 3.63) is 0 Å². The Morgan fingerprint density at radius 3 is 2.50 bits per heavy atom. The number of nitrogens with two attached hydrogens (primary N) is 1. The Bertz CT molecular complexity index is 274. The van der Waals surface area contributed by atoms with Crippen molar-refractivity contribution in [2.24, 2.45) is 5.73 Å². The quantitative estimate of drug-likeness (QED) is 0.620. The van der Waals surface area contributed by atoms with Crippen molar-refractivity contribution in [3.63, 3.8) is 0 Å². The van der Waals surface area contributed by atoms with Gasteiger partial charge in [0.1, 0.15) is 5.25 Å². The lowest BCUT2D eigenvalue weighted by atomic mass is 10.4. The number of nitrogens with one attached hydrogen (secondary N) is 1.